The molecule has 174 valence electrons. The normalized spacial score (nSPS) is 25.6. The Morgan fingerprint density at radius 3 is 2.47 bits per heavy atom. The van der Waals surface area contributed by atoms with Crippen molar-refractivity contribution in [1.82, 2.24) is 4.57 Å². The number of rotatable bonds is 4. The van der Waals surface area contributed by atoms with Gasteiger partial charge in [0.25, 0.3) is 11.5 Å². The van der Waals surface area contributed by atoms with Gasteiger partial charge in [-0.2, -0.15) is 17.6 Å². The van der Waals surface area contributed by atoms with E-state index in [2.05, 4.69) is 5.32 Å². The number of hydrogen-bond acceptors (Lipinski definition) is 4. The molecular weight excluding hydrogens is 439 g/mol. The number of aromatic nitrogens is 1. The number of hydrogen-bond donors (Lipinski definition) is 1. The summed E-state index contributed by atoms with van der Waals surface area (Å²) in [6.45, 7) is 2.01. The highest BCUT2D eigenvalue weighted by Gasteiger charge is 2.65. The van der Waals surface area contributed by atoms with Crippen molar-refractivity contribution < 1.29 is 36.2 Å². The Bertz CT molecular complexity index is 1100. The third-order valence-electron chi connectivity index (χ3n) is 5.94. The molecule has 1 aliphatic heterocycles. The second-order valence-electron chi connectivity index (χ2n) is 7.80. The largest absolute Gasteiger partial charge is 0.493 e. The maximum absolute atomic E-state index is 14.3. The standard InChI is InChI=1S/C21H21F5N2O4/c1-10-15(12-5-6-13(22)16(23)17(12)31-4)18(32-20(10,2)21(24,25)26)19(30)27-11-7-8-28(3)14(29)9-11/h5-10,15,18H,1-4H3,(H,27,30)/t10-,15-,18+,20+/m0/s1. The first-order valence-corrected chi connectivity index (χ1v) is 9.55. The van der Waals surface area contributed by atoms with Crippen LogP contribution in [0.3, 0.4) is 0 Å². The Balaban J connectivity index is 2.09. The van der Waals surface area contributed by atoms with E-state index in [1.807, 2.05) is 0 Å². The molecule has 1 saturated heterocycles. The maximum Gasteiger partial charge on any atom is 0.417 e. The first-order chi connectivity index (χ1) is 14.8. The van der Waals surface area contributed by atoms with Gasteiger partial charge in [0.05, 0.1) is 7.11 Å². The highest BCUT2D eigenvalue weighted by atomic mass is 19.4. The first-order valence-electron chi connectivity index (χ1n) is 9.55. The number of benzene rings is 1. The van der Waals surface area contributed by atoms with Crippen LogP contribution in [0.4, 0.5) is 27.6 Å². The van der Waals surface area contributed by atoms with E-state index in [0.717, 1.165) is 32.2 Å². The lowest BCUT2D eigenvalue weighted by atomic mass is 9.77. The van der Waals surface area contributed by atoms with E-state index in [-0.39, 0.29) is 11.3 Å². The minimum absolute atomic E-state index is 0.0472. The fraction of sp³-hybridized carbons (Fsp3) is 0.429. The van der Waals surface area contributed by atoms with Crippen molar-refractivity contribution in [3.8, 4) is 5.75 Å². The van der Waals surface area contributed by atoms with E-state index in [1.54, 1.807) is 0 Å². The smallest absolute Gasteiger partial charge is 0.417 e. The Morgan fingerprint density at radius 2 is 1.91 bits per heavy atom. The number of alkyl halides is 3. The van der Waals surface area contributed by atoms with Crippen molar-refractivity contribution >= 4 is 11.6 Å². The topological polar surface area (TPSA) is 69.6 Å². The minimum atomic E-state index is -4.87. The predicted molar refractivity (Wildman–Crippen MR) is 104 cm³/mol. The van der Waals surface area contributed by atoms with Crippen LogP contribution in [0.25, 0.3) is 0 Å². The maximum atomic E-state index is 14.3. The molecule has 0 bridgehead atoms. The van der Waals surface area contributed by atoms with Gasteiger partial charge >= 0.3 is 6.18 Å². The Labute approximate surface area is 179 Å². The minimum Gasteiger partial charge on any atom is -0.493 e. The van der Waals surface area contributed by atoms with Crippen LogP contribution in [0, 0.1) is 17.6 Å². The predicted octanol–water partition coefficient (Wildman–Crippen LogP) is 3.75. The van der Waals surface area contributed by atoms with Gasteiger partial charge in [-0.1, -0.05) is 13.0 Å². The molecular formula is C21H21F5N2O4. The van der Waals surface area contributed by atoms with Crippen molar-refractivity contribution in [2.24, 2.45) is 13.0 Å². The summed E-state index contributed by atoms with van der Waals surface area (Å²) in [6, 6.07) is 4.29. The number of carbonyl (C=O) groups excluding carboxylic acids is 1. The number of anilines is 1. The van der Waals surface area contributed by atoms with E-state index < -0.39 is 58.6 Å². The van der Waals surface area contributed by atoms with Crippen molar-refractivity contribution in [3.05, 3.63) is 58.0 Å². The van der Waals surface area contributed by atoms with Crippen LogP contribution in [-0.4, -0.2) is 35.5 Å². The van der Waals surface area contributed by atoms with Crippen LogP contribution in [0.2, 0.25) is 0 Å². The van der Waals surface area contributed by atoms with Gasteiger partial charge in [-0.3, -0.25) is 9.59 Å². The Kier molecular flexibility index (Phi) is 6.07. The fourth-order valence-electron chi connectivity index (χ4n) is 3.88. The van der Waals surface area contributed by atoms with Gasteiger partial charge in [0.15, 0.2) is 17.2 Å². The molecule has 11 heteroatoms. The lowest BCUT2D eigenvalue weighted by molar-refractivity contribution is -0.272. The molecule has 1 fully saturated rings. The van der Waals surface area contributed by atoms with Crippen molar-refractivity contribution in [3.63, 3.8) is 0 Å². The van der Waals surface area contributed by atoms with Crippen LogP contribution in [-0.2, 0) is 16.6 Å². The van der Waals surface area contributed by atoms with Crippen molar-refractivity contribution in [2.75, 3.05) is 12.4 Å². The van der Waals surface area contributed by atoms with Gasteiger partial charge in [0.1, 0.15) is 6.10 Å². The summed E-state index contributed by atoms with van der Waals surface area (Å²) in [5.41, 5.74) is -3.31. The number of nitrogens with one attached hydrogen (secondary N) is 1. The molecule has 0 unspecified atom stereocenters. The second kappa shape index (κ2) is 8.19. The number of methoxy groups -OCH3 is 1. The molecule has 1 aromatic heterocycles. The van der Waals surface area contributed by atoms with E-state index in [4.69, 9.17) is 9.47 Å². The summed E-state index contributed by atoms with van der Waals surface area (Å²) >= 11 is 0. The van der Waals surface area contributed by atoms with Gasteiger partial charge in [-0.05, 0) is 19.1 Å². The molecule has 1 aromatic carbocycles. The lowest BCUT2D eigenvalue weighted by Gasteiger charge is -2.32. The van der Waals surface area contributed by atoms with E-state index in [0.29, 0.717) is 0 Å². The molecule has 1 amide bonds. The zero-order valence-corrected chi connectivity index (χ0v) is 17.6. The summed E-state index contributed by atoms with van der Waals surface area (Å²) in [4.78, 5) is 24.8. The summed E-state index contributed by atoms with van der Waals surface area (Å²) in [6.07, 6.45) is -5.24. The molecule has 0 saturated carbocycles. The molecule has 3 rings (SSSR count). The molecule has 0 aliphatic carbocycles. The summed E-state index contributed by atoms with van der Waals surface area (Å²) < 4.78 is 81.2. The molecule has 2 heterocycles. The SMILES string of the molecule is COc1c([C@H]2[C@H](C(=O)Nc3ccn(C)c(=O)c3)O[C@@](C)(C(F)(F)F)[C@H]2C)ccc(F)c1F. The Hall–Kier alpha value is -2.95. The van der Waals surface area contributed by atoms with Crippen LogP contribution in [0.15, 0.2) is 35.3 Å². The fourth-order valence-corrected chi connectivity index (χ4v) is 3.88. The van der Waals surface area contributed by atoms with Gasteiger partial charge < -0.3 is 19.4 Å². The lowest BCUT2D eigenvalue weighted by Crippen LogP contribution is -2.47. The van der Waals surface area contributed by atoms with E-state index >= 15 is 0 Å². The van der Waals surface area contributed by atoms with Gasteiger partial charge in [-0.25, -0.2) is 4.39 Å². The highest BCUT2D eigenvalue weighted by Crippen LogP contribution is 2.54. The third kappa shape index (κ3) is 3.85. The number of halogens is 5. The van der Waals surface area contributed by atoms with Crippen molar-refractivity contribution in [1.29, 1.82) is 0 Å². The molecule has 0 radical (unpaired) electrons. The summed E-state index contributed by atoms with van der Waals surface area (Å²) in [5.74, 6) is -6.93. The molecule has 0 spiro atoms. The number of nitrogens with zero attached hydrogens (tertiary/aromatic N) is 1. The summed E-state index contributed by atoms with van der Waals surface area (Å²) in [5, 5.41) is 2.37. The zero-order chi connectivity index (χ0) is 24.0. The molecule has 1 aliphatic rings. The first kappa shape index (κ1) is 23.7. The molecule has 2 aromatic rings. The average molecular weight is 460 g/mol. The Morgan fingerprint density at radius 1 is 1.25 bits per heavy atom. The van der Waals surface area contributed by atoms with Gasteiger partial charge in [-0.15, -0.1) is 0 Å². The number of pyridine rings is 1. The van der Waals surface area contributed by atoms with E-state index in [9.17, 15) is 31.5 Å². The van der Waals surface area contributed by atoms with Gasteiger partial charge in [0, 0.05) is 42.4 Å². The van der Waals surface area contributed by atoms with Crippen LogP contribution < -0.4 is 15.6 Å². The number of aryl methyl sites for hydroxylation is 1. The second-order valence-corrected chi connectivity index (χ2v) is 7.80. The zero-order valence-electron chi connectivity index (χ0n) is 17.6. The number of carbonyl (C=O) groups is 1. The number of ether oxygens (including phenoxy) is 2. The molecule has 1 N–H and O–H groups in total. The van der Waals surface area contributed by atoms with Crippen LogP contribution in [0.1, 0.15) is 25.3 Å². The van der Waals surface area contributed by atoms with E-state index in [1.165, 1.54) is 30.8 Å². The quantitative estimate of drug-likeness (QED) is 0.706. The number of amides is 1. The summed E-state index contributed by atoms with van der Waals surface area (Å²) in [7, 11) is 2.52. The van der Waals surface area contributed by atoms with Crippen LogP contribution in [0.5, 0.6) is 5.75 Å². The monoisotopic (exact) mass is 460 g/mol. The van der Waals surface area contributed by atoms with Crippen LogP contribution >= 0.6 is 0 Å². The third-order valence-corrected chi connectivity index (χ3v) is 5.94. The molecule has 4 atom stereocenters. The van der Waals surface area contributed by atoms with Gasteiger partial charge in [0.2, 0.25) is 5.82 Å². The highest BCUT2D eigenvalue weighted by molar-refractivity contribution is 5.95. The molecule has 6 nitrogen and oxygen atoms in total. The average Bonchev–Trinajstić information content (AvgIpc) is 2.99. The van der Waals surface area contributed by atoms with Crippen molar-refractivity contribution in [2.45, 2.75) is 37.6 Å². The molecule has 32 heavy (non-hydrogen) atoms.